The first-order valence-corrected chi connectivity index (χ1v) is 13.2. The molecule has 7 heterocycles. The summed E-state index contributed by atoms with van der Waals surface area (Å²) >= 11 is 0. The molecule has 4 aromatic rings. The average molecular weight is 543 g/mol. The fourth-order valence-electron chi connectivity index (χ4n) is 6.37. The normalized spacial score (nSPS) is 23.8. The Morgan fingerprint density at radius 3 is 2.58 bits per heavy atom. The maximum absolute atomic E-state index is 13.1. The highest BCUT2D eigenvalue weighted by Gasteiger charge is 2.45. The van der Waals surface area contributed by atoms with E-state index in [4.69, 9.17) is 15.5 Å². The molecule has 14 heteroatoms. The number of carbonyl (C=O) groups excluding carboxylic acids is 3. The van der Waals surface area contributed by atoms with E-state index in [1.165, 1.54) is 17.8 Å². The Balaban J connectivity index is 1.24. The molecule has 2 bridgehead atoms. The van der Waals surface area contributed by atoms with Crippen LogP contribution >= 0.6 is 0 Å². The van der Waals surface area contributed by atoms with Crippen LogP contribution < -0.4 is 11.1 Å². The molecule has 4 aromatic heterocycles. The number of carbonyl (C=O) groups is 3. The van der Waals surface area contributed by atoms with Crippen LogP contribution in [0.25, 0.3) is 16.8 Å². The van der Waals surface area contributed by atoms with Crippen molar-refractivity contribution in [3.05, 3.63) is 53.6 Å². The molecule has 0 aromatic carbocycles. The van der Waals surface area contributed by atoms with E-state index >= 15 is 0 Å². The second-order valence-electron chi connectivity index (χ2n) is 10.5. The quantitative estimate of drug-likeness (QED) is 0.315. The van der Waals surface area contributed by atoms with Crippen LogP contribution in [-0.4, -0.2) is 76.1 Å². The van der Waals surface area contributed by atoms with E-state index in [1.54, 1.807) is 12.4 Å². The topological polar surface area (TPSA) is 186 Å². The van der Waals surface area contributed by atoms with Crippen molar-refractivity contribution in [2.24, 2.45) is 0 Å². The maximum atomic E-state index is 13.1. The van der Waals surface area contributed by atoms with Gasteiger partial charge in [-0.2, -0.15) is 9.61 Å². The van der Waals surface area contributed by atoms with E-state index in [2.05, 4.69) is 30.6 Å². The highest BCUT2D eigenvalue weighted by Crippen LogP contribution is 2.45. The summed E-state index contributed by atoms with van der Waals surface area (Å²) in [5.74, 6) is 0.0718. The van der Waals surface area contributed by atoms with Crippen molar-refractivity contribution in [2.45, 2.75) is 56.7 Å². The zero-order valence-corrected chi connectivity index (χ0v) is 21.6. The summed E-state index contributed by atoms with van der Waals surface area (Å²) in [5, 5.41) is 14.8. The van der Waals surface area contributed by atoms with Crippen LogP contribution in [-0.2, 0) is 4.74 Å². The number of nitrogens with zero attached hydrogens (tertiary/aromatic N) is 7. The Labute approximate surface area is 227 Å². The minimum Gasteiger partial charge on any atom is -0.447 e. The number of nitrogens with two attached hydrogens (primary N) is 1. The van der Waals surface area contributed by atoms with Crippen LogP contribution in [0.2, 0.25) is 0 Å². The first kappa shape index (κ1) is 24.2. The number of ether oxygens (including phenoxy) is 1. The van der Waals surface area contributed by atoms with E-state index in [-0.39, 0.29) is 54.0 Å². The largest absolute Gasteiger partial charge is 0.447 e. The smallest absolute Gasteiger partial charge is 0.407 e. The predicted octanol–water partition coefficient (Wildman–Crippen LogP) is 2.03. The SMILES string of the molecule is CC(=O)c1c([C@@H]2C[C@H]3CC[C@@H](C2)N3C(=O)c2nnc[nH]2)nc2c(-c3ccc([C@@H]4COC(=O)N4)nc3)cnn2c1N. The van der Waals surface area contributed by atoms with Gasteiger partial charge in [0, 0.05) is 35.3 Å². The molecule has 3 aliphatic heterocycles. The fraction of sp³-hybridized carbons (Fsp3) is 0.385. The van der Waals surface area contributed by atoms with Gasteiger partial charge in [-0.3, -0.25) is 14.6 Å². The van der Waals surface area contributed by atoms with Crippen LogP contribution in [0.1, 0.15) is 76.9 Å². The standard InChI is InChI=1S/C26H26N10O4/c1-12(37)20-21(14-6-15-3-4-16(7-14)35(15)25(38)23-29-11-30-34-23)33-24-17(9-31-36(24)22(20)27)13-2-5-18(28-8-13)19-10-40-26(39)32-19/h2,5,8-9,11,14-16,19H,3-4,6-7,10,27H2,1H3,(H,32,39)(H,29,30,34)/t14-,15-,16+,19-/m0/s1. The van der Waals surface area contributed by atoms with Crippen LogP contribution in [0.5, 0.6) is 0 Å². The molecule has 2 amide bonds. The Morgan fingerprint density at radius 2 is 1.95 bits per heavy atom. The third-order valence-electron chi connectivity index (χ3n) is 8.16. The molecule has 3 saturated heterocycles. The third-order valence-corrected chi connectivity index (χ3v) is 8.16. The molecule has 204 valence electrons. The summed E-state index contributed by atoms with van der Waals surface area (Å²) in [5.41, 5.74) is 10.2. The third kappa shape index (κ3) is 3.78. The predicted molar refractivity (Wildman–Crippen MR) is 139 cm³/mol. The van der Waals surface area contributed by atoms with E-state index in [0.717, 1.165) is 24.0 Å². The second kappa shape index (κ2) is 9.10. The minimum absolute atomic E-state index is 0.00147. The second-order valence-corrected chi connectivity index (χ2v) is 10.5. The number of aromatic amines is 1. The molecule has 3 aliphatic rings. The van der Waals surface area contributed by atoms with E-state index < -0.39 is 6.09 Å². The van der Waals surface area contributed by atoms with Gasteiger partial charge >= 0.3 is 6.09 Å². The monoisotopic (exact) mass is 542 g/mol. The first-order chi connectivity index (χ1) is 19.4. The molecule has 14 nitrogen and oxygen atoms in total. The molecular weight excluding hydrogens is 516 g/mol. The minimum atomic E-state index is -0.464. The van der Waals surface area contributed by atoms with Crippen molar-refractivity contribution in [3.63, 3.8) is 0 Å². The Kier molecular flexibility index (Phi) is 5.50. The van der Waals surface area contributed by atoms with E-state index in [0.29, 0.717) is 35.4 Å². The average Bonchev–Trinajstić information content (AvgIpc) is 3.75. The van der Waals surface area contributed by atoms with Gasteiger partial charge in [0.25, 0.3) is 5.91 Å². The number of ketones is 1. The van der Waals surface area contributed by atoms with Gasteiger partial charge in [0.1, 0.15) is 24.8 Å². The number of nitrogens with one attached hydrogen (secondary N) is 2. The summed E-state index contributed by atoms with van der Waals surface area (Å²) in [6.45, 7) is 1.71. The zero-order valence-electron chi connectivity index (χ0n) is 21.6. The molecular formula is C26H26N10O4. The lowest BCUT2D eigenvalue weighted by molar-refractivity contribution is 0.0556. The van der Waals surface area contributed by atoms with Crippen molar-refractivity contribution < 1.29 is 19.1 Å². The van der Waals surface area contributed by atoms with Crippen LogP contribution in [0, 0.1) is 0 Å². The number of H-pyrrole nitrogens is 1. The van der Waals surface area contributed by atoms with Gasteiger partial charge in [-0.05, 0) is 38.7 Å². The van der Waals surface area contributed by atoms with Gasteiger partial charge in [0.2, 0.25) is 5.82 Å². The molecule has 4 N–H and O–H groups in total. The Hall–Kier alpha value is -4.88. The van der Waals surface area contributed by atoms with Crippen molar-refractivity contribution in [1.82, 2.24) is 45.0 Å². The molecule has 0 unspecified atom stereocenters. The van der Waals surface area contributed by atoms with Crippen molar-refractivity contribution in [3.8, 4) is 11.1 Å². The van der Waals surface area contributed by atoms with Gasteiger partial charge < -0.3 is 25.7 Å². The first-order valence-electron chi connectivity index (χ1n) is 13.2. The van der Waals surface area contributed by atoms with Crippen LogP contribution in [0.3, 0.4) is 0 Å². The van der Waals surface area contributed by atoms with E-state index in [1.807, 2.05) is 17.0 Å². The lowest BCUT2D eigenvalue weighted by Gasteiger charge is -2.38. The van der Waals surface area contributed by atoms with Gasteiger partial charge in [0.05, 0.1) is 23.1 Å². The number of piperidine rings is 1. The van der Waals surface area contributed by atoms with Crippen LogP contribution in [0.4, 0.5) is 10.6 Å². The summed E-state index contributed by atoms with van der Waals surface area (Å²) in [7, 11) is 0. The fourth-order valence-corrected chi connectivity index (χ4v) is 6.37. The van der Waals surface area contributed by atoms with E-state index in [9.17, 15) is 14.4 Å². The number of hydrogen-bond donors (Lipinski definition) is 3. The molecule has 0 radical (unpaired) electrons. The molecule has 0 spiro atoms. The number of alkyl carbamates (subject to hydrolysis) is 1. The zero-order chi connectivity index (χ0) is 27.5. The van der Waals surface area contributed by atoms with Gasteiger partial charge in [0.15, 0.2) is 11.4 Å². The highest BCUT2D eigenvalue weighted by molar-refractivity contribution is 6.00. The lowest BCUT2D eigenvalue weighted by Crippen LogP contribution is -2.46. The molecule has 3 fully saturated rings. The molecule has 0 aliphatic carbocycles. The summed E-state index contributed by atoms with van der Waals surface area (Å²) in [6.07, 6.45) is 7.35. The Bertz CT molecular complexity index is 1630. The molecule has 0 saturated carbocycles. The number of rotatable bonds is 5. The van der Waals surface area contributed by atoms with Gasteiger partial charge in [-0.25, -0.2) is 9.78 Å². The highest BCUT2D eigenvalue weighted by atomic mass is 16.6. The number of amides is 2. The molecule has 7 rings (SSSR count). The number of aromatic nitrogens is 7. The summed E-state index contributed by atoms with van der Waals surface area (Å²) < 4.78 is 6.46. The lowest BCUT2D eigenvalue weighted by atomic mass is 9.85. The number of pyridine rings is 1. The van der Waals surface area contributed by atoms with Gasteiger partial charge in [-0.15, -0.1) is 10.2 Å². The van der Waals surface area contributed by atoms with Gasteiger partial charge in [-0.1, -0.05) is 6.07 Å². The number of nitrogen functional groups attached to an aromatic ring is 1. The molecule has 4 atom stereocenters. The maximum Gasteiger partial charge on any atom is 0.407 e. The van der Waals surface area contributed by atoms with Crippen molar-refractivity contribution in [2.75, 3.05) is 12.3 Å². The van der Waals surface area contributed by atoms with Crippen LogP contribution in [0.15, 0.2) is 30.9 Å². The number of cyclic esters (lactones) is 1. The molecule has 40 heavy (non-hydrogen) atoms. The number of anilines is 1. The van der Waals surface area contributed by atoms with Crippen molar-refractivity contribution >= 4 is 29.2 Å². The number of fused-ring (bicyclic) bond motifs is 3. The number of Topliss-reactive ketones (excluding diaryl/α,β-unsaturated/α-hetero) is 1. The number of hydrogen-bond acceptors (Lipinski definition) is 10. The summed E-state index contributed by atoms with van der Waals surface area (Å²) in [6, 6.07) is 3.41. The Morgan fingerprint density at radius 1 is 1.15 bits per heavy atom. The van der Waals surface area contributed by atoms with Crippen molar-refractivity contribution in [1.29, 1.82) is 0 Å². The summed E-state index contributed by atoms with van der Waals surface area (Å²) in [4.78, 5) is 51.6.